The van der Waals surface area contributed by atoms with E-state index in [0.717, 1.165) is 50.9 Å². The Hall–Kier alpha value is -4.61. The molecule has 1 fully saturated rings. The molecule has 1 atom stereocenters. The Morgan fingerprint density at radius 3 is 2.90 bits per heavy atom. The summed E-state index contributed by atoms with van der Waals surface area (Å²) in [4.78, 5) is 34.5. The number of amides is 3. The zero-order chi connectivity index (χ0) is 26.9. The lowest BCUT2D eigenvalue weighted by atomic mass is 10.0. The van der Waals surface area contributed by atoms with Gasteiger partial charge in [-0.2, -0.15) is 5.10 Å². The summed E-state index contributed by atoms with van der Waals surface area (Å²) in [5, 5.41) is 8.73. The van der Waals surface area contributed by atoms with Crippen LogP contribution in [0.5, 0.6) is 0 Å². The Morgan fingerprint density at radius 2 is 2.00 bits per heavy atom. The molecule has 1 saturated heterocycles. The van der Waals surface area contributed by atoms with Crippen LogP contribution in [0.3, 0.4) is 0 Å². The van der Waals surface area contributed by atoms with Gasteiger partial charge in [-0.25, -0.2) is 14.3 Å². The Balaban J connectivity index is 1.09. The second kappa shape index (κ2) is 10.3. The van der Waals surface area contributed by atoms with E-state index in [9.17, 15) is 9.59 Å². The zero-order valence-corrected chi connectivity index (χ0v) is 22.0. The predicted molar refractivity (Wildman–Crippen MR) is 150 cm³/mol. The van der Waals surface area contributed by atoms with Crippen molar-refractivity contribution in [1.82, 2.24) is 29.8 Å². The second-order valence-corrected chi connectivity index (χ2v) is 10.0. The number of hydrogen-bond acceptors (Lipinski definition) is 4. The van der Waals surface area contributed by atoms with E-state index in [1.807, 2.05) is 49.5 Å². The molecule has 194 valence electrons. The van der Waals surface area contributed by atoms with Crippen LogP contribution in [-0.4, -0.2) is 49.0 Å². The number of aryl methyl sites for hydroxylation is 2. The van der Waals surface area contributed by atoms with Crippen molar-refractivity contribution in [3.63, 3.8) is 0 Å². The number of imidazole rings is 1. The van der Waals surface area contributed by atoms with Crippen molar-refractivity contribution in [2.45, 2.75) is 32.2 Å². The molecule has 5 aromatic rings. The molecule has 1 aliphatic heterocycles. The molecule has 0 spiro atoms. The fraction of sp³-hybridized carbons (Fsp3) is 0.200. The number of aromatic amines is 1. The lowest BCUT2D eigenvalue weighted by Crippen LogP contribution is -2.33. The summed E-state index contributed by atoms with van der Waals surface area (Å²) < 4.78 is 1.71. The van der Waals surface area contributed by atoms with Crippen molar-refractivity contribution in [3.05, 3.63) is 100 Å². The Kier molecular flexibility index (Phi) is 6.51. The maximum atomic E-state index is 13.1. The summed E-state index contributed by atoms with van der Waals surface area (Å²) in [6.07, 6.45) is 7.05. The summed E-state index contributed by atoms with van der Waals surface area (Å²) in [5.41, 5.74) is 6.34. The van der Waals surface area contributed by atoms with Gasteiger partial charge in [0, 0.05) is 36.3 Å². The zero-order valence-electron chi connectivity index (χ0n) is 21.2. The van der Waals surface area contributed by atoms with Crippen LogP contribution in [0.2, 0.25) is 5.02 Å². The number of aromatic nitrogens is 4. The molecule has 8 nitrogen and oxygen atoms in total. The number of para-hydroxylation sites is 1. The minimum Gasteiger partial charge on any atom is -0.360 e. The molecular weight excluding hydrogens is 512 g/mol. The molecule has 0 aliphatic carbocycles. The van der Waals surface area contributed by atoms with Gasteiger partial charge < -0.3 is 10.3 Å². The molecule has 9 heteroatoms. The van der Waals surface area contributed by atoms with Gasteiger partial charge in [0.15, 0.2) is 5.65 Å². The number of H-pyrrole nitrogens is 1. The third kappa shape index (κ3) is 4.85. The minimum atomic E-state index is -0.592. The largest absolute Gasteiger partial charge is 0.360 e. The number of urea groups is 1. The van der Waals surface area contributed by atoms with Crippen LogP contribution >= 0.6 is 11.6 Å². The first kappa shape index (κ1) is 24.7. The van der Waals surface area contributed by atoms with Crippen molar-refractivity contribution in [2.24, 2.45) is 0 Å². The molecule has 3 aromatic heterocycles. The summed E-state index contributed by atoms with van der Waals surface area (Å²) in [6.45, 7) is 2.37. The highest BCUT2D eigenvalue weighted by Gasteiger charge is 2.37. The van der Waals surface area contributed by atoms with Gasteiger partial charge in [0.1, 0.15) is 11.7 Å². The van der Waals surface area contributed by atoms with Gasteiger partial charge in [0.25, 0.3) is 5.91 Å². The fourth-order valence-electron chi connectivity index (χ4n) is 4.94. The number of halogens is 1. The third-order valence-electron chi connectivity index (χ3n) is 7.03. The molecule has 0 bridgehead atoms. The minimum absolute atomic E-state index is 0.200. The third-order valence-corrected chi connectivity index (χ3v) is 7.35. The molecule has 2 aromatic carbocycles. The van der Waals surface area contributed by atoms with E-state index in [1.165, 1.54) is 4.90 Å². The Morgan fingerprint density at radius 1 is 1.10 bits per heavy atom. The first-order chi connectivity index (χ1) is 19.0. The van der Waals surface area contributed by atoms with Crippen LogP contribution in [0.25, 0.3) is 16.6 Å². The van der Waals surface area contributed by atoms with Gasteiger partial charge in [0.05, 0.1) is 16.7 Å². The number of fused-ring (bicyclic) bond motifs is 2. The number of nitrogens with zero attached hydrogens (tertiary/aromatic N) is 4. The lowest BCUT2D eigenvalue weighted by Gasteiger charge is -2.13. The van der Waals surface area contributed by atoms with Gasteiger partial charge in [-0.05, 0) is 66.6 Å². The van der Waals surface area contributed by atoms with E-state index in [0.29, 0.717) is 24.4 Å². The molecule has 2 N–H and O–H groups in total. The van der Waals surface area contributed by atoms with Crippen molar-refractivity contribution in [3.8, 4) is 11.8 Å². The van der Waals surface area contributed by atoms with Crippen molar-refractivity contribution < 1.29 is 9.59 Å². The van der Waals surface area contributed by atoms with Crippen LogP contribution in [0.1, 0.15) is 34.4 Å². The summed E-state index contributed by atoms with van der Waals surface area (Å²) in [6, 6.07) is 14.6. The van der Waals surface area contributed by atoms with Crippen LogP contribution in [0.15, 0.2) is 67.1 Å². The quantitative estimate of drug-likeness (QED) is 0.243. The van der Waals surface area contributed by atoms with Crippen LogP contribution < -0.4 is 5.32 Å². The van der Waals surface area contributed by atoms with Gasteiger partial charge in [-0.15, -0.1) is 0 Å². The monoisotopic (exact) mass is 536 g/mol. The molecule has 0 radical (unpaired) electrons. The van der Waals surface area contributed by atoms with Crippen LogP contribution in [0, 0.1) is 18.8 Å². The Labute approximate surface area is 230 Å². The molecule has 0 saturated carbocycles. The standard InChI is InChI=1S/C30H25ClN6O2/c1-19-9-10-20(15-21(19)11-12-23-18-32-27-8-3-13-34-37(23)27)5-4-14-36-29(38)26(35-30(36)39)16-22-17-33-28-24(22)6-2-7-25(28)31/h2-3,6-10,13,15,17-18,26,33H,4-5,14,16H2,1H3,(H,35,39). The molecule has 4 heterocycles. The summed E-state index contributed by atoms with van der Waals surface area (Å²) in [5.74, 6) is 6.22. The predicted octanol–water partition coefficient (Wildman–Crippen LogP) is 4.67. The molecule has 6 rings (SSSR count). The van der Waals surface area contributed by atoms with Crippen molar-refractivity contribution in [1.29, 1.82) is 0 Å². The molecule has 1 aliphatic rings. The van der Waals surface area contributed by atoms with Gasteiger partial charge in [0.2, 0.25) is 0 Å². The van der Waals surface area contributed by atoms with E-state index in [2.05, 4.69) is 44.4 Å². The topological polar surface area (TPSA) is 95.4 Å². The number of carbonyl (C=O) groups excluding carboxylic acids is 2. The highest BCUT2D eigenvalue weighted by atomic mass is 35.5. The van der Waals surface area contributed by atoms with Crippen LogP contribution in [-0.2, 0) is 17.6 Å². The number of rotatable bonds is 6. The maximum Gasteiger partial charge on any atom is 0.324 e. The van der Waals surface area contributed by atoms with Crippen molar-refractivity contribution in [2.75, 3.05) is 6.54 Å². The summed E-state index contributed by atoms with van der Waals surface area (Å²) in [7, 11) is 0. The van der Waals surface area contributed by atoms with E-state index >= 15 is 0 Å². The highest BCUT2D eigenvalue weighted by Crippen LogP contribution is 2.27. The number of carbonyl (C=O) groups is 2. The first-order valence-electron chi connectivity index (χ1n) is 12.7. The summed E-state index contributed by atoms with van der Waals surface area (Å²) >= 11 is 6.26. The number of imide groups is 1. The average molecular weight is 537 g/mol. The highest BCUT2D eigenvalue weighted by molar-refractivity contribution is 6.35. The van der Waals surface area contributed by atoms with E-state index in [1.54, 1.807) is 16.9 Å². The molecule has 3 amide bonds. The second-order valence-electron chi connectivity index (χ2n) is 9.61. The van der Waals surface area contributed by atoms with E-state index < -0.39 is 6.04 Å². The first-order valence-corrected chi connectivity index (χ1v) is 13.1. The number of benzene rings is 2. The van der Waals surface area contributed by atoms with Gasteiger partial charge in [-0.1, -0.05) is 41.8 Å². The van der Waals surface area contributed by atoms with Crippen LogP contribution in [0.4, 0.5) is 4.79 Å². The fourth-order valence-corrected chi connectivity index (χ4v) is 5.17. The Bertz CT molecular complexity index is 1790. The van der Waals surface area contributed by atoms with Crippen molar-refractivity contribution >= 4 is 40.1 Å². The SMILES string of the molecule is Cc1ccc(CCCN2C(=O)NC(Cc3c[nH]c4c(Cl)cccc34)C2=O)cc1C#Cc1cnc2cccnn12. The van der Waals surface area contributed by atoms with E-state index in [-0.39, 0.29) is 11.9 Å². The number of hydrogen-bond donors (Lipinski definition) is 2. The smallest absolute Gasteiger partial charge is 0.324 e. The average Bonchev–Trinajstić information content (AvgIpc) is 3.62. The lowest BCUT2D eigenvalue weighted by molar-refractivity contribution is -0.127. The van der Waals surface area contributed by atoms with E-state index in [4.69, 9.17) is 11.6 Å². The molecule has 39 heavy (non-hydrogen) atoms. The maximum absolute atomic E-state index is 13.1. The molecule has 1 unspecified atom stereocenters. The van der Waals surface area contributed by atoms with Gasteiger partial charge >= 0.3 is 6.03 Å². The number of nitrogens with one attached hydrogen (secondary N) is 2. The normalized spacial score (nSPS) is 15.1. The molecular formula is C30H25ClN6O2. The van der Waals surface area contributed by atoms with Gasteiger partial charge in [-0.3, -0.25) is 9.69 Å².